The van der Waals surface area contributed by atoms with Gasteiger partial charge in [-0.15, -0.1) is 0 Å². The van der Waals surface area contributed by atoms with E-state index in [2.05, 4.69) is 25.9 Å². The number of nitrogen functional groups attached to an aromatic ring is 1. The number of carbonyl (C=O) groups excluding carboxylic acids is 1. The number of halogens is 1. The Balaban J connectivity index is 2.16. The molecular weight excluding hydrogens is 358 g/mol. The van der Waals surface area contributed by atoms with Crippen LogP contribution in [0.3, 0.4) is 0 Å². The molecule has 6 N–H and O–H groups in total. The van der Waals surface area contributed by atoms with Crippen molar-refractivity contribution >= 4 is 38.7 Å². The fraction of sp³-hybridized carbons (Fsp3) is 0.417. The van der Waals surface area contributed by atoms with Crippen LogP contribution >= 0.6 is 15.9 Å². The number of carbonyl (C=O) groups is 1. The van der Waals surface area contributed by atoms with Gasteiger partial charge in [-0.3, -0.25) is 4.79 Å². The van der Waals surface area contributed by atoms with E-state index in [1.807, 2.05) is 0 Å². The molecular formula is C12H14BrN5O4. The highest BCUT2D eigenvalue weighted by molar-refractivity contribution is 9.09. The minimum Gasteiger partial charge on any atom is -0.394 e. The predicted octanol–water partition coefficient (Wildman–Crippen LogP) is -0.873. The van der Waals surface area contributed by atoms with Crippen LogP contribution in [0, 0.1) is 0 Å². The van der Waals surface area contributed by atoms with Gasteiger partial charge in [-0.1, -0.05) is 15.9 Å². The summed E-state index contributed by atoms with van der Waals surface area (Å²) in [5.74, 6) is -0.547. The number of amides is 1. The van der Waals surface area contributed by atoms with Gasteiger partial charge in [0.1, 0.15) is 23.9 Å². The summed E-state index contributed by atoms with van der Waals surface area (Å²) in [4.78, 5) is 19.1. The van der Waals surface area contributed by atoms with Crippen LogP contribution in [0.25, 0.3) is 11.0 Å². The zero-order chi connectivity index (χ0) is 16.0. The van der Waals surface area contributed by atoms with E-state index in [0.717, 1.165) is 0 Å². The van der Waals surface area contributed by atoms with Crippen molar-refractivity contribution in [1.29, 1.82) is 0 Å². The molecule has 3 heterocycles. The highest BCUT2D eigenvalue weighted by atomic mass is 79.9. The minimum atomic E-state index is -0.913. The molecule has 1 fully saturated rings. The lowest BCUT2D eigenvalue weighted by molar-refractivity contribution is -0.0428. The zero-order valence-corrected chi connectivity index (χ0v) is 12.8. The van der Waals surface area contributed by atoms with Gasteiger partial charge >= 0.3 is 0 Å². The summed E-state index contributed by atoms with van der Waals surface area (Å²) in [5, 5.41) is 19.6. The van der Waals surface area contributed by atoms with Crippen LogP contribution in [-0.4, -0.2) is 54.3 Å². The number of nitrogens with two attached hydrogens (primary N) is 2. The number of rotatable bonds is 3. The van der Waals surface area contributed by atoms with Crippen molar-refractivity contribution in [2.24, 2.45) is 5.73 Å². The molecule has 0 spiro atoms. The molecule has 0 aromatic carbocycles. The van der Waals surface area contributed by atoms with Crippen LogP contribution in [-0.2, 0) is 4.74 Å². The van der Waals surface area contributed by atoms with Crippen LogP contribution in [0.1, 0.15) is 16.6 Å². The standard InChI is InChI=1S/C12H14BrN5O4/c13-7-8(20)5(2-19)22-12(7)18-1-4(10(15)21)6-9(14)16-3-17-11(6)18/h1,3,5,7-8,12,19-20H,2H2,(H2,15,21)(H2,14,16,17)/t5-,7+,8-,12-/m1/s1. The molecule has 22 heavy (non-hydrogen) atoms. The lowest BCUT2D eigenvalue weighted by Crippen LogP contribution is -2.29. The Labute approximate surface area is 133 Å². The second-order valence-corrected chi connectivity index (χ2v) is 6.01. The average Bonchev–Trinajstić information content (AvgIpc) is 3.00. The molecule has 1 aliphatic rings. The number of hydrogen-bond acceptors (Lipinski definition) is 7. The molecule has 118 valence electrons. The lowest BCUT2D eigenvalue weighted by Gasteiger charge is -2.17. The van der Waals surface area contributed by atoms with Crippen LogP contribution in [0.4, 0.5) is 5.82 Å². The average molecular weight is 372 g/mol. The third kappa shape index (κ3) is 2.15. The quantitative estimate of drug-likeness (QED) is 0.512. The molecule has 2 aromatic heterocycles. The number of primary amides is 1. The Morgan fingerprint density at radius 1 is 1.50 bits per heavy atom. The summed E-state index contributed by atoms with van der Waals surface area (Å²) in [6.07, 6.45) is 0.379. The van der Waals surface area contributed by atoms with E-state index in [1.165, 1.54) is 12.5 Å². The van der Waals surface area contributed by atoms with Crippen molar-refractivity contribution in [2.75, 3.05) is 12.3 Å². The summed E-state index contributed by atoms with van der Waals surface area (Å²) in [6, 6.07) is 0. The molecule has 3 rings (SSSR count). The fourth-order valence-corrected chi connectivity index (χ4v) is 3.29. The van der Waals surface area contributed by atoms with Crippen molar-refractivity contribution < 1.29 is 19.7 Å². The zero-order valence-electron chi connectivity index (χ0n) is 11.3. The first-order valence-corrected chi connectivity index (χ1v) is 7.36. The first-order valence-electron chi connectivity index (χ1n) is 6.45. The maximum Gasteiger partial charge on any atom is 0.251 e. The SMILES string of the molecule is NC(=O)c1cn([C@@H]2O[C@H](CO)[C@@H](O)[C@@H]2Br)c2ncnc(N)c12. The van der Waals surface area contributed by atoms with Gasteiger partial charge < -0.3 is 31.0 Å². The number of alkyl halides is 1. The van der Waals surface area contributed by atoms with Gasteiger partial charge in [-0.25, -0.2) is 9.97 Å². The highest BCUT2D eigenvalue weighted by Gasteiger charge is 2.43. The topological polar surface area (TPSA) is 150 Å². The smallest absolute Gasteiger partial charge is 0.251 e. The summed E-state index contributed by atoms with van der Waals surface area (Å²) in [5.41, 5.74) is 11.7. The van der Waals surface area contributed by atoms with E-state index < -0.39 is 29.2 Å². The number of aliphatic hydroxyl groups is 2. The van der Waals surface area contributed by atoms with Gasteiger partial charge in [0.05, 0.1) is 28.5 Å². The van der Waals surface area contributed by atoms with Gasteiger partial charge in [-0.05, 0) is 0 Å². The van der Waals surface area contributed by atoms with E-state index in [-0.39, 0.29) is 18.0 Å². The van der Waals surface area contributed by atoms with Crippen LogP contribution in [0.15, 0.2) is 12.5 Å². The summed E-state index contributed by atoms with van der Waals surface area (Å²) >= 11 is 3.34. The van der Waals surface area contributed by atoms with Gasteiger partial charge in [0.25, 0.3) is 5.91 Å². The van der Waals surface area contributed by atoms with Gasteiger partial charge in [0.2, 0.25) is 0 Å². The Morgan fingerprint density at radius 3 is 2.82 bits per heavy atom. The second-order valence-electron chi connectivity index (χ2n) is 4.95. The molecule has 0 aliphatic carbocycles. The third-order valence-electron chi connectivity index (χ3n) is 3.65. The molecule has 0 radical (unpaired) electrons. The number of ether oxygens (including phenoxy) is 1. The lowest BCUT2D eigenvalue weighted by atomic mass is 10.2. The van der Waals surface area contributed by atoms with Crippen molar-refractivity contribution in [3.63, 3.8) is 0 Å². The Bertz CT molecular complexity index is 736. The molecule has 4 atom stereocenters. The summed E-state index contributed by atoms with van der Waals surface area (Å²) in [7, 11) is 0. The molecule has 0 saturated carbocycles. The largest absolute Gasteiger partial charge is 0.394 e. The van der Waals surface area contributed by atoms with Crippen LogP contribution in [0.5, 0.6) is 0 Å². The van der Waals surface area contributed by atoms with Crippen molar-refractivity contribution in [1.82, 2.24) is 14.5 Å². The van der Waals surface area contributed by atoms with Crippen molar-refractivity contribution in [3.8, 4) is 0 Å². The summed E-state index contributed by atoms with van der Waals surface area (Å²) in [6.45, 7) is -0.335. The van der Waals surface area contributed by atoms with Gasteiger partial charge in [0, 0.05) is 6.20 Å². The third-order valence-corrected chi connectivity index (χ3v) is 4.65. The molecule has 0 unspecified atom stereocenters. The maximum atomic E-state index is 11.6. The molecule has 1 saturated heterocycles. The van der Waals surface area contributed by atoms with E-state index in [4.69, 9.17) is 16.2 Å². The molecule has 2 aromatic rings. The number of anilines is 1. The first-order chi connectivity index (χ1) is 10.5. The Hall–Kier alpha value is -1.75. The number of fused-ring (bicyclic) bond motifs is 1. The monoisotopic (exact) mass is 371 g/mol. The second kappa shape index (κ2) is 5.47. The molecule has 1 aliphatic heterocycles. The van der Waals surface area contributed by atoms with Crippen molar-refractivity contribution in [3.05, 3.63) is 18.1 Å². The van der Waals surface area contributed by atoms with E-state index in [9.17, 15) is 15.0 Å². The number of aliphatic hydroxyl groups excluding tert-OH is 2. The number of nitrogens with zero attached hydrogens (tertiary/aromatic N) is 3. The maximum absolute atomic E-state index is 11.6. The summed E-state index contributed by atoms with van der Waals surface area (Å²) < 4.78 is 7.17. The first kappa shape index (κ1) is 15.2. The van der Waals surface area contributed by atoms with E-state index in [1.54, 1.807) is 4.57 Å². The fourth-order valence-electron chi connectivity index (χ4n) is 2.57. The molecule has 1 amide bonds. The van der Waals surface area contributed by atoms with Gasteiger partial charge in [0.15, 0.2) is 6.23 Å². The minimum absolute atomic E-state index is 0.126. The highest BCUT2D eigenvalue weighted by Crippen LogP contribution is 2.37. The van der Waals surface area contributed by atoms with Crippen molar-refractivity contribution in [2.45, 2.75) is 23.3 Å². The predicted molar refractivity (Wildman–Crippen MR) is 80.2 cm³/mol. The van der Waals surface area contributed by atoms with E-state index in [0.29, 0.717) is 11.0 Å². The van der Waals surface area contributed by atoms with Crippen LogP contribution in [0.2, 0.25) is 0 Å². The Kier molecular flexibility index (Phi) is 3.77. The number of aromatic nitrogens is 3. The number of hydrogen-bond donors (Lipinski definition) is 4. The normalized spacial score (nSPS) is 28.3. The molecule has 10 heteroatoms. The van der Waals surface area contributed by atoms with E-state index >= 15 is 0 Å². The van der Waals surface area contributed by atoms with Gasteiger partial charge in [-0.2, -0.15) is 0 Å². The molecule has 0 bridgehead atoms. The molecule has 9 nitrogen and oxygen atoms in total. The Morgan fingerprint density at radius 2 is 2.23 bits per heavy atom. The van der Waals surface area contributed by atoms with Crippen LogP contribution < -0.4 is 11.5 Å².